The lowest BCUT2D eigenvalue weighted by molar-refractivity contribution is -0.144. The van der Waals surface area contributed by atoms with Crippen LogP contribution in [0.2, 0.25) is 0 Å². The summed E-state index contributed by atoms with van der Waals surface area (Å²) in [5.74, 6) is 0.675. The molecule has 0 aliphatic heterocycles. The van der Waals surface area contributed by atoms with Gasteiger partial charge in [0.05, 0.1) is 13.0 Å². The summed E-state index contributed by atoms with van der Waals surface area (Å²) in [6.07, 6.45) is 0.826. The van der Waals surface area contributed by atoms with Gasteiger partial charge in [-0.3, -0.25) is 4.79 Å². The van der Waals surface area contributed by atoms with Crippen molar-refractivity contribution in [2.45, 2.75) is 18.2 Å². The Kier molecular flexibility index (Phi) is 5.26. The molecule has 0 aromatic heterocycles. The van der Waals surface area contributed by atoms with Crippen LogP contribution in [0.1, 0.15) is 13.3 Å². The van der Waals surface area contributed by atoms with Gasteiger partial charge in [-0.05, 0) is 18.6 Å². The summed E-state index contributed by atoms with van der Waals surface area (Å²) in [5, 5.41) is 0. The van der Waals surface area contributed by atoms with Crippen LogP contribution in [-0.2, 0) is 9.53 Å². The molecule has 1 rings (SSSR count). The maximum atomic E-state index is 11.3. The maximum Gasteiger partial charge on any atom is 0.309 e. The topological polar surface area (TPSA) is 26.3 Å². The molecular formula is C12H16O2S. The third kappa shape index (κ3) is 3.96. The normalized spacial score (nSPS) is 12.1. The van der Waals surface area contributed by atoms with Gasteiger partial charge in [-0.2, -0.15) is 0 Å². The zero-order chi connectivity index (χ0) is 11.1. The van der Waals surface area contributed by atoms with Crippen molar-refractivity contribution in [2.75, 3.05) is 12.9 Å². The van der Waals surface area contributed by atoms with Crippen LogP contribution >= 0.6 is 11.8 Å². The van der Waals surface area contributed by atoms with Crippen molar-refractivity contribution in [3.63, 3.8) is 0 Å². The highest BCUT2D eigenvalue weighted by Crippen LogP contribution is 2.22. The summed E-state index contributed by atoms with van der Waals surface area (Å²) in [6, 6.07) is 10.1. The molecule has 1 aromatic rings. The molecule has 0 aliphatic carbocycles. The SMILES string of the molecule is CCC(CSc1ccccc1)C(=O)OC. The molecule has 0 amide bonds. The summed E-state index contributed by atoms with van der Waals surface area (Å²) < 4.78 is 4.74. The van der Waals surface area contributed by atoms with Gasteiger partial charge in [0.2, 0.25) is 0 Å². The third-order valence-corrected chi connectivity index (χ3v) is 3.40. The van der Waals surface area contributed by atoms with Crippen molar-refractivity contribution in [1.29, 1.82) is 0 Å². The van der Waals surface area contributed by atoms with E-state index in [1.54, 1.807) is 11.8 Å². The Hall–Kier alpha value is -0.960. The van der Waals surface area contributed by atoms with Gasteiger partial charge in [0, 0.05) is 10.6 Å². The number of carbonyl (C=O) groups excluding carboxylic acids is 1. The van der Waals surface area contributed by atoms with Gasteiger partial charge in [0.15, 0.2) is 0 Å². The molecule has 0 spiro atoms. The summed E-state index contributed by atoms with van der Waals surface area (Å²) in [7, 11) is 1.44. The van der Waals surface area contributed by atoms with E-state index < -0.39 is 0 Å². The predicted molar refractivity (Wildman–Crippen MR) is 63.0 cm³/mol. The van der Waals surface area contributed by atoms with E-state index in [4.69, 9.17) is 4.74 Å². The van der Waals surface area contributed by atoms with Crippen LogP contribution in [0.5, 0.6) is 0 Å². The standard InChI is InChI=1S/C12H16O2S/c1-3-10(12(13)14-2)9-15-11-7-5-4-6-8-11/h4-8,10H,3,9H2,1-2H3. The number of ether oxygens (including phenoxy) is 1. The van der Waals surface area contributed by atoms with Crippen LogP contribution in [-0.4, -0.2) is 18.8 Å². The monoisotopic (exact) mass is 224 g/mol. The minimum absolute atomic E-state index is 0.000191. The second kappa shape index (κ2) is 6.51. The third-order valence-electron chi connectivity index (χ3n) is 2.22. The molecule has 3 heteroatoms. The van der Waals surface area contributed by atoms with Crippen molar-refractivity contribution < 1.29 is 9.53 Å². The highest BCUT2D eigenvalue weighted by Gasteiger charge is 2.16. The van der Waals surface area contributed by atoms with E-state index in [1.807, 2.05) is 25.1 Å². The molecule has 0 aliphatic rings. The van der Waals surface area contributed by atoms with Crippen LogP contribution in [0.3, 0.4) is 0 Å². The molecular weight excluding hydrogens is 208 g/mol. The summed E-state index contributed by atoms with van der Waals surface area (Å²) in [4.78, 5) is 12.5. The number of benzene rings is 1. The van der Waals surface area contributed by atoms with E-state index in [-0.39, 0.29) is 11.9 Å². The fraction of sp³-hybridized carbons (Fsp3) is 0.417. The molecule has 1 atom stereocenters. The minimum Gasteiger partial charge on any atom is -0.469 e. The van der Waals surface area contributed by atoms with E-state index in [1.165, 1.54) is 12.0 Å². The highest BCUT2D eigenvalue weighted by atomic mass is 32.2. The highest BCUT2D eigenvalue weighted by molar-refractivity contribution is 7.99. The van der Waals surface area contributed by atoms with Gasteiger partial charge >= 0.3 is 5.97 Å². The predicted octanol–water partition coefficient (Wildman–Crippen LogP) is 2.98. The zero-order valence-corrected chi connectivity index (χ0v) is 9.92. The molecule has 0 radical (unpaired) electrons. The van der Waals surface area contributed by atoms with E-state index in [2.05, 4.69) is 12.1 Å². The number of thioether (sulfide) groups is 1. The first-order valence-electron chi connectivity index (χ1n) is 5.03. The smallest absolute Gasteiger partial charge is 0.309 e. The Morgan fingerprint density at radius 1 is 1.40 bits per heavy atom. The lowest BCUT2D eigenvalue weighted by Gasteiger charge is -2.11. The quantitative estimate of drug-likeness (QED) is 0.568. The van der Waals surface area contributed by atoms with E-state index in [9.17, 15) is 4.79 Å². The van der Waals surface area contributed by atoms with E-state index in [0.717, 1.165) is 12.2 Å². The van der Waals surface area contributed by atoms with Gasteiger partial charge in [-0.1, -0.05) is 25.1 Å². The summed E-state index contributed by atoms with van der Waals surface area (Å²) in [6.45, 7) is 2.01. The Balaban J connectivity index is 2.44. The Morgan fingerprint density at radius 2 is 2.07 bits per heavy atom. The van der Waals surface area contributed by atoms with E-state index >= 15 is 0 Å². The molecule has 0 bridgehead atoms. The molecule has 0 saturated carbocycles. The summed E-state index contributed by atoms with van der Waals surface area (Å²) >= 11 is 1.70. The van der Waals surface area contributed by atoms with Crippen molar-refractivity contribution in [3.8, 4) is 0 Å². The fourth-order valence-corrected chi connectivity index (χ4v) is 2.35. The van der Waals surface area contributed by atoms with Crippen molar-refractivity contribution in [1.82, 2.24) is 0 Å². The van der Waals surface area contributed by atoms with Gasteiger partial charge < -0.3 is 4.74 Å². The lowest BCUT2D eigenvalue weighted by atomic mass is 10.1. The average molecular weight is 224 g/mol. The van der Waals surface area contributed by atoms with Crippen LogP contribution in [0.15, 0.2) is 35.2 Å². The first-order chi connectivity index (χ1) is 7.27. The van der Waals surface area contributed by atoms with Crippen molar-refractivity contribution >= 4 is 17.7 Å². The van der Waals surface area contributed by atoms with Crippen LogP contribution in [0, 0.1) is 5.92 Å². The summed E-state index contributed by atoms with van der Waals surface area (Å²) in [5.41, 5.74) is 0. The minimum atomic E-state index is -0.110. The molecule has 0 saturated heterocycles. The number of methoxy groups -OCH3 is 1. The van der Waals surface area contributed by atoms with Crippen molar-refractivity contribution in [2.24, 2.45) is 5.92 Å². The molecule has 0 fully saturated rings. The molecule has 0 N–H and O–H groups in total. The van der Waals surface area contributed by atoms with Gasteiger partial charge in [-0.25, -0.2) is 0 Å². The molecule has 1 unspecified atom stereocenters. The Bertz CT molecular complexity index is 298. The van der Waals surface area contributed by atoms with Gasteiger partial charge in [0.1, 0.15) is 0 Å². The lowest BCUT2D eigenvalue weighted by Crippen LogP contribution is -2.17. The molecule has 0 heterocycles. The second-order valence-corrected chi connectivity index (χ2v) is 4.35. The first kappa shape index (κ1) is 12.1. The molecule has 1 aromatic carbocycles. The molecule has 15 heavy (non-hydrogen) atoms. The second-order valence-electron chi connectivity index (χ2n) is 3.25. The van der Waals surface area contributed by atoms with Gasteiger partial charge in [0.25, 0.3) is 0 Å². The largest absolute Gasteiger partial charge is 0.469 e. The number of esters is 1. The number of hydrogen-bond acceptors (Lipinski definition) is 3. The fourth-order valence-electron chi connectivity index (χ4n) is 1.23. The molecule has 2 nitrogen and oxygen atoms in total. The Labute approximate surface area is 95.0 Å². The van der Waals surface area contributed by atoms with Gasteiger partial charge in [-0.15, -0.1) is 11.8 Å². The number of carbonyl (C=O) groups is 1. The first-order valence-corrected chi connectivity index (χ1v) is 6.02. The van der Waals surface area contributed by atoms with Crippen LogP contribution < -0.4 is 0 Å². The number of hydrogen-bond donors (Lipinski definition) is 0. The molecule has 82 valence electrons. The van der Waals surface area contributed by atoms with Crippen LogP contribution in [0.25, 0.3) is 0 Å². The maximum absolute atomic E-state index is 11.3. The Morgan fingerprint density at radius 3 is 2.60 bits per heavy atom. The zero-order valence-electron chi connectivity index (χ0n) is 9.10. The van der Waals surface area contributed by atoms with E-state index in [0.29, 0.717) is 0 Å². The van der Waals surface area contributed by atoms with Crippen molar-refractivity contribution in [3.05, 3.63) is 30.3 Å². The average Bonchev–Trinajstić information content (AvgIpc) is 2.31. The van der Waals surface area contributed by atoms with Crippen LogP contribution in [0.4, 0.5) is 0 Å². The number of rotatable bonds is 5.